The van der Waals surface area contributed by atoms with Crippen LogP contribution in [0.3, 0.4) is 0 Å². The van der Waals surface area contributed by atoms with E-state index >= 15 is 0 Å². The van der Waals surface area contributed by atoms with Crippen molar-refractivity contribution in [1.82, 2.24) is 19.9 Å². The number of primary amides is 1. The van der Waals surface area contributed by atoms with Crippen LogP contribution in [0.1, 0.15) is 11.5 Å². The highest BCUT2D eigenvalue weighted by atomic mass is 19.1. The monoisotopic (exact) mass is 404 g/mol. The molecule has 2 aliphatic heterocycles. The standard InChI is InChI=1S/C18H18F2N6O3/c19-13-3-9(26-6-10(29-18(26)28)5-25-2-1-22-23-25)4-14(20)16(13)15-11-7-24(17(21)27)8-12(11)15/h1-4,10-12,15H,5-8H2,(H2,21,27)/t10-,11?,12?,15?/m1/s1. The molecule has 3 aliphatic rings. The Kier molecular flexibility index (Phi) is 3.93. The number of nitrogens with zero attached hydrogens (tertiary/aromatic N) is 5. The zero-order chi connectivity index (χ0) is 20.3. The molecule has 0 bridgehead atoms. The molecule has 29 heavy (non-hydrogen) atoms. The number of piperidine rings is 1. The molecule has 9 nitrogen and oxygen atoms in total. The van der Waals surface area contributed by atoms with Gasteiger partial charge < -0.3 is 15.4 Å². The number of hydrogen-bond acceptors (Lipinski definition) is 5. The van der Waals surface area contributed by atoms with Crippen LogP contribution in [0.2, 0.25) is 0 Å². The largest absolute Gasteiger partial charge is 0.442 e. The zero-order valence-corrected chi connectivity index (χ0v) is 15.2. The van der Waals surface area contributed by atoms with Gasteiger partial charge in [-0.25, -0.2) is 23.1 Å². The summed E-state index contributed by atoms with van der Waals surface area (Å²) in [5.74, 6) is -1.64. The predicted octanol–water partition coefficient (Wildman–Crippen LogP) is 1.31. The van der Waals surface area contributed by atoms with E-state index < -0.39 is 29.9 Å². The van der Waals surface area contributed by atoms with E-state index in [0.717, 1.165) is 12.1 Å². The van der Waals surface area contributed by atoms with Crippen molar-refractivity contribution in [2.75, 3.05) is 24.5 Å². The lowest BCUT2D eigenvalue weighted by atomic mass is 10.0. The van der Waals surface area contributed by atoms with Crippen molar-refractivity contribution < 1.29 is 23.1 Å². The molecule has 0 radical (unpaired) electrons. The Morgan fingerprint density at radius 1 is 1.21 bits per heavy atom. The third kappa shape index (κ3) is 2.97. The Balaban J connectivity index is 1.32. The molecule has 2 N–H and O–H groups in total. The number of ether oxygens (including phenoxy) is 1. The molecule has 1 aromatic carbocycles. The van der Waals surface area contributed by atoms with Crippen molar-refractivity contribution in [2.45, 2.75) is 18.6 Å². The van der Waals surface area contributed by atoms with Gasteiger partial charge in [-0.05, 0) is 29.9 Å². The average Bonchev–Trinajstić information content (AvgIpc) is 3.14. The SMILES string of the molecule is NC(=O)N1CC2C(C1)C2c1c(F)cc(N2C[C@@H](Cn3ccnn3)OC2=O)cc1F. The first-order valence-electron chi connectivity index (χ1n) is 9.28. The number of amides is 3. The number of carbonyl (C=O) groups excluding carboxylic acids is 2. The maximum absolute atomic E-state index is 14.8. The number of likely N-dealkylation sites (tertiary alicyclic amines) is 1. The molecular weight excluding hydrogens is 386 g/mol. The Bertz CT molecular complexity index is 949. The molecule has 0 spiro atoms. The fourth-order valence-electron chi connectivity index (χ4n) is 4.55. The van der Waals surface area contributed by atoms with Crippen LogP contribution in [-0.4, -0.2) is 57.8 Å². The second kappa shape index (κ2) is 6.39. The van der Waals surface area contributed by atoms with Crippen LogP contribution in [-0.2, 0) is 11.3 Å². The summed E-state index contributed by atoms with van der Waals surface area (Å²) in [5, 5.41) is 7.50. The maximum Gasteiger partial charge on any atom is 0.414 e. The van der Waals surface area contributed by atoms with Gasteiger partial charge in [-0.2, -0.15) is 0 Å². The van der Waals surface area contributed by atoms with E-state index in [2.05, 4.69) is 10.3 Å². The molecule has 3 atom stereocenters. The van der Waals surface area contributed by atoms with E-state index in [-0.39, 0.29) is 35.5 Å². The van der Waals surface area contributed by atoms with Gasteiger partial charge in [0.1, 0.15) is 17.7 Å². The number of fused-ring (bicyclic) bond motifs is 1. The van der Waals surface area contributed by atoms with E-state index in [1.165, 1.54) is 20.7 Å². The number of hydrogen-bond donors (Lipinski definition) is 1. The van der Waals surface area contributed by atoms with Crippen LogP contribution in [0.15, 0.2) is 24.5 Å². The number of urea groups is 1. The molecule has 2 unspecified atom stereocenters. The fraction of sp³-hybridized carbons (Fsp3) is 0.444. The molecule has 3 heterocycles. The minimum atomic E-state index is -0.697. The van der Waals surface area contributed by atoms with E-state index in [1.807, 2.05) is 0 Å². The summed E-state index contributed by atoms with van der Waals surface area (Å²) in [6.07, 6.45) is 1.98. The maximum atomic E-state index is 14.8. The number of halogens is 2. The summed E-state index contributed by atoms with van der Waals surface area (Å²) >= 11 is 0. The third-order valence-corrected chi connectivity index (χ3v) is 5.95. The number of aromatic nitrogens is 3. The van der Waals surface area contributed by atoms with E-state index in [9.17, 15) is 18.4 Å². The minimum absolute atomic E-state index is 0.0135. The highest BCUT2D eigenvalue weighted by Gasteiger charge is 2.58. The molecule has 2 aromatic rings. The van der Waals surface area contributed by atoms with Crippen molar-refractivity contribution in [3.05, 3.63) is 41.7 Å². The van der Waals surface area contributed by atoms with Crippen LogP contribution in [0.5, 0.6) is 0 Å². The van der Waals surface area contributed by atoms with Gasteiger partial charge in [-0.3, -0.25) is 4.90 Å². The molecule has 1 aliphatic carbocycles. The number of anilines is 1. The van der Waals surface area contributed by atoms with E-state index in [1.54, 1.807) is 6.20 Å². The highest BCUT2D eigenvalue weighted by molar-refractivity contribution is 5.89. The molecule has 152 valence electrons. The van der Waals surface area contributed by atoms with Gasteiger partial charge in [0.2, 0.25) is 0 Å². The summed E-state index contributed by atoms with van der Waals surface area (Å²) in [4.78, 5) is 26.1. The second-order valence-electron chi connectivity index (χ2n) is 7.66. The summed E-state index contributed by atoms with van der Waals surface area (Å²) < 4.78 is 36.4. The number of rotatable bonds is 4. The van der Waals surface area contributed by atoms with Gasteiger partial charge in [-0.1, -0.05) is 5.21 Å². The smallest absolute Gasteiger partial charge is 0.414 e. The van der Waals surface area contributed by atoms with Crippen molar-refractivity contribution in [3.63, 3.8) is 0 Å². The van der Waals surface area contributed by atoms with Crippen molar-refractivity contribution in [1.29, 1.82) is 0 Å². The molecule has 3 fully saturated rings. The molecule has 11 heteroatoms. The van der Waals surface area contributed by atoms with E-state index in [4.69, 9.17) is 10.5 Å². The summed E-state index contributed by atoms with van der Waals surface area (Å²) in [6.45, 7) is 1.27. The zero-order valence-electron chi connectivity index (χ0n) is 15.2. The van der Waals surface area contributed by atoms with Gasteiger partial charge in [0.15, 0.2) is 0 Å². The molecular formula is C18H18F2N6O3. The van der Waals surface area contributed by atoms with Gasteiger partial charge in [0.05, 0.1) is 25.0 Å². The van der Waals surface area contributed by atoms with Crippen molar-refractivity contribution in [2.24, 2.45) is 17.6 Å². The number of nitrogens with two attached hydrogens (primary N) is 1. The lowest BCUT2D eigenvalue weighted by molar-refractivity contribution is 0.129. The first-order valence-corrected chi connectivity index (χ1v) is 9.28. The van der Waals surface area contributed by atoms with Gasteiger partial charge in [-0.15, -0.1) is 5.10 Å². The van der Waals surface area contributed by atoms with Crippen LogP contribution in [0.25, 0.3) is 0 Å². The Morgan fingerprint density at radius 3 is 2.48 bits per heavy atom. The molecule has 3 amide bonds. The third-order valence-electron chi connectivity index (χ3n) is 5.95. The molecule has 5 rings (SSSR count). The Labute approximate surface area is 164 Å². The average molecular weight is 404 g/mol. The van der Waals surface area contributed by atoms with Crippen LogP contribution in [0.4, 0.5) is 24.1 Å². The van der Waals surface area contributed by atoms with Crippen molar-refractivity contribution >= 4 is 17.8 Å². The fourth-order valence-corrected chi connectivity index (χ4v) is 4.55. The van der Waals surface area contributed by atoms with Crippen molar-refractivity contribution in [3.8, 4) is 0 Å². The number of cyclic esters (lactones) is 1. The Morgan fingerprint density at radius 2 is 1.90 bits per heavy atom. The van der Waals surface area contributed by atoms with Crippen LogP contribution < -0.4 is 10.6 Å². The van der Waals surface area contributed by atoms with Crippen LogP contribution >= 0.6 is 0 Å². The summed E-state index contributed by atoms with van der Waals surface area (Å²) in [6, 6.07) is 1.81. The van der Waals surface area contributed by atoms with Gasteiger partial charge in [0.25, 0.3) is 0 Å². The topological polar surface area (TPSA) is 107 Å². The number of carbonyl (C=O) groups is 2. The van der Waals surface area contributed by atoms with Crippen LogP contribution in [0, 0.1) is 23.5 Å². The Hall–Kier alpha value is -3.24. The summed E-state index contributed by atoms with van der Waals surface area (Å²) in [5.41, 5.74) is 5.39. The normalized spacial score (nSPS) is 27.9. The quantitative estimate of drug-likeness (QED) is 0.827. The molecule has 2 saturated heterocycles. The first-order chi connectivity index (χ1) is 13.9. The second-order valence-corrected chi connectivity index (χ2v) is 7.66. The van der Waals surface area contributed by atoms with E-state index in [0.29, 0.717) is 19.6 Å². The lowest BCUT2D eigenvalue weighted by Crippen LogP contribution is -2.35. The number of benzene rings is 1. The summed E-state index contributed by atoms with van der Waals surface area (Å²) in [7, 11) is 0. The molecule has 1 saturated carbocycles. The highest BCUT2D eigenvalue weighted by Crippen LogP contribution is 2.59. The molecule has 1 aromatic heterocycles. The predicted molar refractivity (Wildman–Crippen MR) is 94.9 cm³/mol. The first kappa shape index (κ1) is 17.8. The minimum Gasteiger partial charge on any atom is -0.442 e. The van der Waals surface area contributed by atoms with Gasteiger partial charge in [0, 0.05) is 24.8 Å². The lowest BCUT2D eigenvalue weighted by Gasteiger charge is -2.19. The van der Waals surface area contributed by atoms with Gasteiger partial charge >= 0.3 is 12.1 Å².